The molecule has 0 spiro atoms. The third-order valence-corrected chi connectivity index (χ3v) is 6.99. The molecule has 9 heteroatoms. The molecule has 0 fully saturated rings. The number of hydrogen-bond donors (Lipinski definition) is 1. The summed E-state index contributed by atoms with van der Waals surface area (Å²) in [5.74, 6) is -0.857. The molecular weight excluding hydrogens is 488 g/mol. The number of carbonyl (C=O) groups is 2. The van der Waals surface area contributed by atoms with Crippen molar-refractivity contribution in [2.24, 2.45) is 0 Å². The van der Waals surface area contributed by atoms with E-state index >= 15 is 0 Å². The van der Waals surface area contributed by atoms with Crippen LogP contribution in [0.4, 0.5) is 0 Å². The number of imide groups is 1. The van der Waals surface area contributed by atoms with E-state index in [1.165, 1.54) is 0 Å². The molecule has 1 aliphatic heterocycles. The smallest absolute Gasteiger partial charge is 0.261 e. The van der Waals surface area contributed by atoms with Crippen LogP contribution >= 0.6 is 11.6 Å². The minimum Gasteiger partial charge on any atom is -0.347 e. The van der Waals surface area contributed by atoms with E-state index in [-0.39, 0.29) is 6.04 Å². The van der Waals surface area contributed by atoms with Gasteiger partial charge in [-0.2, -0.15) is 5.10 Å². The maximum atomic E-state index is 13.3. The third kappa shape index (κ3) is 3.94. The Kier molecular flexibility index (Phi) is 5.68. The molecule has 0 radical (unpaired) electrons. The van der Waals surface area contributed by atoms with Gasteiger partial charge in [0.15, 0.2) is 0 Å². The maximum absolute atomic E-state index is 13.3. The number of hydrogen-bond acceptors (Lipinski definition) is 4. The van der Waals surface area contributed by atoms with Gasteiger partial charge in [0.2, 0.25) is 0 Å². The Morgan fingerprint density at radius 2 is 1.78 bits per heavy atom. The number of aromatic nitrogens is 5. The number of rotatable bonds is 7. The van der Waals surface area contributed by atoms with Gasteiger partial charge in [-0.1, -0.05) is 35.9 Å². The highest BCUT2D eigenvalue weighted by Gasteiger charge is 2.36. The number of halogens is 1. The van der Waals surface area contributed by atoms with Crippen LogP contribution in [0.3, 0.4) is 0 Å². The lowest BCUT2D eigenvalue weighted by molar-refractivity contribution is -0.122. The van der Waals surface area contributed by atoms with Crippen molar-refractivity contribution < 1.29 is 9.59 Å². The minimum atomic E-state index is -0.436. The highest BCUT2D eigenvalue weighted by Crippen LogP contribution is 2.39. The fourth-order valence-electron chi connectivity index (χ4n) is 5.10. The highest BCUT2D eigenvalue weighted by molar-refractivity contribution is 6.50. The number of fused-ring (bicyclic) bond motifs is 2. The van der Waals surface area contributed by atoms with Crippen molar-refractivity contribution in [1.82, 2.24) is 29.2 Å². The Labute approximate surface area is 218 Å². The van der Waals surface area contributed by atoms with E-state index in [1.807, 2.05) is 71.9 Å². The van der Waals surface area contributed by atoms with Crippen molar-refractivity contribution in [2.45, 2.75) is 39.4 Å². The van der Waals surface area contributed by atoms with Crippen LogP contribution in [0.5, 0.6) is 0 Å². The molecule has 0 unspecified atom stereocenters. The fourth-order valence-corrected chi connectivity index (χ4v) is 5.26. The molecule has 5 aromatic rings. The van der Waals surface area contributed by atoms with E-state index in [4.69, 9.17) is 16.7 Å². The molecule has 0 saturated heterocycles. The minimum absolute atomic E-state index is 0.0856. The zero-order valence-electron chi connectivity index (χ0n) is 20.5. The average molecular weight is 513 g/mol. The van der Waals surface area contributed by atoms with Crippen molar-refractivity contribution in [3.05, 3.63) is 83.7 Å². The molecule has 6 rings (SSSR count). The lowest BCUT2D eigenvalue weighted by Crippen LogP contribution is -2.22. The van der Waals surface area contributed by atoms with Crippen molar-refractivity contribution in [1.29, 1.82) is 0 Å². The Hall–Kier alpha value is -4.17. The van der Waals surface area contributed by atoms with Gasteiger partial charge in [0.1, 0.15) is 5.69 Å². The van der Waals surface area contributed by atoms with E-state index in [9.17, 15) is 9.59 Å². The van der Waals surface area contributed by atoms with Gasteiger partial charge in [-0.3, -0.25) is 19.6 Å². The van der Waals surface area contributed by atoms with Crippen LogP contribution in [0.15, 0.2) is 67.4 Å². The van der Waals surface area contributed by atoms with Crippen LogP contribution in [0.1, 0.15) is 37.6 Å². The van der Waals surface area contributed by atoms with Gasteiger partial charge in [-0.15, -0.1) is 0 Å². The fraction of sp³-hybridized carbons (Fsp3) is 0.214. The summed E-state index contributed by atoms with van der Waals surface area (Å²) in [5.41, 5.74) is 3.66. The largest absolute Gasteiger partial charge is 0.347 e. The molecule has 0 bridgehead atoms. The monoisotopic (exact) mass is 512 g/mol. The Balaban J connectivity index is 1.52. The first kappa shape index (κ1) is 23.2. The molecule has 2 amide bonds. The summed E-state index contributed by atoms with van der Waals surface area (Å²) >= 11 is 6.37. The molecule has 3 aromatic heterocycles. The summed E-state index contributed by atoms with van der Waals surface area (Å²) in [4.78, 5) is 30.6. The van der Waals surface area contributed by atoms with E-state index < -0.39 is 11.8 Å². The number of carbonyl (C=O) groups excluding carboxylic acids is 2. The molecule has 0 saturated carbocycles. The summed E-state index contributed by atoms with van der Waals surface area (Å²) in [6.45, 7) is 5.60. The van der Waals surface area contributed by atoms with Crippen LogP contribution in [-0.4, -0.2) is 35.7 Å². The number of imidazole rings is 1. The predicted molar refractivity (Wildman–Crippen MR) is 144 cm³/mol. The molecule has 4 heterocycles. The molecule has 1 aliphatic rings. The van der Waals surface area contributed by atoms with Gasteiger partial charge in [0.05, 0.1) is 28.5 Å². The normalized spacial score (nSPS) is 14.1. The number of benzene rings is 2. The molecule has 37 heavy (non-hydrogen) atoms. The SMILES string of the molecule is CC(C)n1nc(C2=C(c3cn(CCCn4ccnc4)c4cc(Cl)ccc34)C(=O)NC2=O)c2ccccc21. The second kappa shape index (κ2) is 9.05. The van der Waals surface area contributed by atoms with Gasteiger partial charge in [0, 0.05) is 59.1 Å². The van der Waals surface area contributed by atoms with Gasteiger partial charge in [0.25, 0.3) is 11.8 Å². The van der Waals surface area contributed by atoms with Crippen molar-refractivity contribution >= 4 is 56.4 Å². The molecule has 0 aliphatic carbocycles. The zero-order chi connectivity index (χ0) is 25.7. The lowest BCUT2D eigenvalue weighted by Gasteiger charge is -2.06. The van der Waals surface area contributed by atoms with Gasteiger partial charge >= 0.3 is 0 Å². The van der Waals surface area contributed by atoms with E-state index in [0.717, 1.165) is 34.8 Å². The standard InChI is InChI=1S/C28H25ClN6O2/c1-17(2)35-22-7-4-3-6-20(22)26(32-35)25-24(27(36)31-28(25)37)21-15-34(12-5-11-33-13-10-30-16-33)23-14-18(29)8-9-19(21)23/h3-4,6-10,13-17H,5,11-12H2,1-2H3,(H,31,36,37). The Bertz CT molecular complexity index is 1710. The number of para-hydroxylation sites is 1. The second-order valence-electron chi connectivity index (χ2n) is 9.49. The number of nitrogens with one attached hydrogen (secondary N) is 1. The van der Waals surface area contributed by atoms with Gasteiger partial charge in [-0.05, 0) is 38.5 Å². The van der Waals surface area contributed by atoms with E-state index in [0.29, 0.717) is 34.0 Å². The van der Waals surface area contributed by atoms with Crippen LogP contribution < -0.4 is 5.32 Å². The molecular formula is C28H25ClN6O2. The first-order valence-electron chi connectivity index (χ1n) is 12.2. The molecule has 2 aromatic carbocycles. The third-order valence-electron chi connectivity index (χ3n) is 6.76. The lowest BCUT2D eigenvalue weighted by atomic mass is 9.97. The number of aryl methyl sites for hydroxylation is 2. The molecule has 186 valence electrons. The van der Waals surface area contributed by atoms with Crippen molar-refractivity contribution in [3.8, 4) is 0 Å². The Morgan fingerprint density at radius 1 is 0.973 bits per heavy atom. The molecule has 0 atom stereocenters. The number of nitrogens with zero attached hydrogens (tertiary/aromatic N) is 5. The van der Waals surface area contributed by atoms with E-state index in [1.54, 1.807) is 18.6 Å². The summed E-state index contributed by atoms with van der Waals surface area (Å²) < 4.78 is 6.02. The van der Waals surface area contributed by atoms with Gasteiger partial charge < -0.3 is 9.13 Å². The van der Waals surface area contributed by atoms with Crippen LogP contribution in [0.2, 0.25) is 5.02 Å². The van der Waals surface area contributed by atoms with Crippen LogP contribution in [0, 0.1) is 0 Å². The van der Waals surface area contributed by atoms with Crippen molar-refractivity contribution in [2.75, 3.05) is 0 Å². The average Bonchev–Trinajstić information content (AvgIpc) is 3.64. The predicted octanol–water partition coefficient (Wildman–Crippen LogP) is 5.08. The van der Waals surface area contributed by atoms with Gasteiger partial charge in [-0.25, -0.2) is 4.98 Å². The van der Waals surface area contributed by atoms with Crippen LogP contribution in [0.25, 0.3) is 33.0 Å². The second-order valence-corrected chi connectivity index (χ2v) is 9.93. The molecule has 8 nitrogen and oxygen atoms in total. The summed E-state index contributed by atoms with van der Waals surface area (Å²) in [6, 6.07) is 13.5. The summed E-state index contributed by atoms with van der Waals surface area (Å²) in [5, 5.41) is 9.64. The summed E-state index contributed by atoms with van der Waals surface area (Å²) in [7, 11) is 0. The summed E-state index contributed by atoms with van der Waals surface area (Å²) in [6.07, 6.45) is 8.29. The first-order chi connectivity index (χ1) is 17.9. The highest BCUT2D eigenvalue weighted by atomic mass is 35.5. The van der Waals surface area contributed by atoms with Crippen molar-refractivity contribution in [3.63, 3.8) is 0 Å². The number of amides is 2. The molecule has 1 N–H and O–H groups in total. The van der Waals surface area contributed by atoms with E-state index in [2.05, 4.69) is 14.9 Å². The van der Waals surface area contributed by atoms with Crippen LogP contribution in [-0.2, 0) is 22.7 Å². The maximum Gasteiger partial charge on any atom is 0.261 e. The zero-order valence-corrected chi connectivity index (χ0v) is 21.2. The Morgan fingerprint density at radius 3 is 2.57 bits per heavy atom. The topological polar surface area (TPSA) is 86.7 Å². The quantitative estimate of drug-likeness (QED) is 0.308. The first-order valence-corrected chi connectivity index (χ1v) is 12.6.